The molecule has 0 saturated carbocycles. The van der Waals surface area contributed by atoms with Crippen molar-refractivity contribution >= 4 is 29.6 Å². The molecule has 0 atom stereocenters. The second kappa shape index (κ2) is 17.2. The average Bonchev–Trinajstić information content (AvgIpc) is 3.03. The van der Waals surface area contributed by atoms with E-state index < -0.39 is 12.2 Å². The van der Waals surface area contributed by atoms with Crippen LogP contribution >= 0.6 is 0 Å². The van der Waals surface area contributed by atoms with Crippen LogP contribution in [-0.4, -0.2) is 70.1 Å². The van der Waals surface area contributed by atoms with Crippen LogP contribution in [0.25, 0.3) is 0 Å². The number of carbonyl (C=O) groups excluding carboxylic acids is 4. The number of rotatable bonds is 14. The largest absolute Gasteiger partial charge is 0.513 e. The Bertz CT molecular complexity index is 1540. The number of ketones is 1. The number of Topliss-reactive ketones (excluding diaryl/α,β-unsaturated/α-hetero) is 1. The molecule has 4 rings (SSSR count). The van der Waals surface area contributed by atoms with Gasteiger partial charge in [-0.3, -0.25) is 9.59 Å². The number of benzene rings is 3. The summed E-state index contributed by atoms with van der Waals surface area (Å²) in [5, 5.41) is 2.60. The van der Waals surface area contributed by atoms with Crippen LogP contribution < -0.4 is 15.0 Å². The number of alkyl carbamates (subject to hydrolysis) is 1. The van der Waals surface area contributed by atoms with E-state index in [0.717, 1.165) is 22.4 Å². The maximum absolute atomic E-state index is 13.2. The van der Waals surface area contributed by atoms with Crippen LogP contribution in [0.5, 0.6) is 5.75 Å². The molecular formula is C34H34N2O9. The van der Waals surface area contributed by atoms with Gasteiger partial charge in [0.2, 0.25) is 5.91 Å². The molecule has 11 nitrogen and oxygen atoms in total. The maximum Gasteiger partial charge on any atom is 0.513 e. The summed E-state index contributed by atoms with van der Waals surface area (Å²) in [5.74, 6) is 6.39. The van der Waals surface area contributed by atoms with Crippen LogP contribution in [0.4, 0.5) is 15.3 Å². The molecule has 3 aromatic rings. The van der Waals surface area contributed by atoms with Crippen LogP contribution in [0.2, 0.25) is 0 Å². The predicted molar refractivity (Wildman–Crippen MR) is 164 cm³/mol. The number of hydrogen-bond acceptors (Lipinski definition) is 9. The quantitative estimate of drug-likeness (QED) is 0.0917. The minimum Gasteiger partial charge on any atom is -0.447 e. The molecule has 0 aromatic heterocycles. The summed E-state index contributed by atoms with van der Waals surface area (Å²) in [5.41, 5.74) is 3.84. The average molecular weight is 615 g/mol. The van der Waals surface area contributed by atoms with E-state index in [1.54, 1.807) is 17.0 Å². The highest BCUT2D eigenvalue weighted by Gasteiger charge is 2.21. The van der Waals surface area contributed by atoms with Crippen molar-refractivity contribution in [2.24, 2.45) is 0 Å². The van der Waals surface area contributed by atoms with Gasteiger partial charge in [0, 0.05) is 29.7 Å². The Kier molecular flexibility index (Phi) is 12.5. The minimum absolute atomic E-state index is 0.0121. The van der Waals surface area contributed by atoms with Crippen LogP contribution in [-0.2, 0) is 30.3 Å². The lowest BCUT2D eigenvalue weighted by molar-refractivity contribution is -0.118. The molecule has 0 radical (unpaired) electrons. The topological polar surface area (TPSA) is 130 Å². The Labute approximate surface area is 261 Å². The van der Waals surface area contributed by atoms with Crippen molar-refractivity contribution in [3.63, 3.8) is 0 Å². The van der Waals surface area contributed by atoms with Crippen molar-refractivity contribution in [2.45, 2.75) is 19.9 Å². The maximum atomic E-state index is 13.2. The van der Waals surface area contributed by atoms with Crippen molar-refractivity contribution in [1.29, 1.82) is 0 Å². The fourth-order valence-corrected chi connectivity index (χ4v) is 4.25. The molecule has 1 aliphatic rings. The van der Waals surface area contributed by atoms with E-state index in [0.29, 0.717) is 12.1 Å². The van der Waals surface area contributed by atoms with Gasteiger partial charge in [0.15, 0.2) is 5.78 Å². The molecule has 1 heterocycles. The summed E-state index contributed by atoms with van der Waals surface area (Å²) in [6, 6.07) is 21.4. The first-order valence-electron chi connectivity index (χ1n) is 14.4. The first kappa shape index (κ1) is 32.7. The number of para-hydroxylation sites is 1. The van der Waals surface area contributed by atoms with E-state index in [2.05, 4.69) is 17.2 Å². The normalized spacial score (nSPS) is 11.4. The van der Waals surface area contributed by atoms with E-state index in [1.807, 2.05) is 48.5 Å². The van der Waals surface area contributed by atoms with Gasteiger partial charge in [-0.05, 0) is 55.0 Å². The van der Waals surface area contributed by atoms with E-state index in [9.17, 15) is 19.2 Å². The fourth-order valence-electron chi connectivity index (χ4n) is 4.25. The highest BCUT2D eigenvalue weighted by molar-refractivity contribution is 5.95. The molecule has 0 spiro atoms. The van der Waals surface area contributed by atoms with Gasteiger partial charge in [0.1, 0.15) is 19.0 Å². The van der Waals surface area contributed by atoms with Crippen molar-refractivity contribution < 1.29 is 42.9 Å². The third-order valence-electron chi connectivity index (χ3n) is 6.52. The zero-order valence-electron chi connectivity index (χ0n) is 24.9. The van der Waals surface area contributed by atoms with Gasteiger partial charge in [-0.1, -0.05) is 42.2 Å². The van der Waals surface area contributed by atoms with Crippen molar-refractivity contribution in [2.75, 3.05) is 51.1 Å². The zero-order chi connectivity index (χ0) is 31.9. The van der Waals surface area contributed by atoms with E-state index in [4.69, 9.17) is 23.7 Å². The van der Waals surface area contributed by atoms with Gasteiger partial charge in [-0.25, -0.2) is 9.59 Å². The summed E-state index contributed by atoms with van der Waals surface area (Å²) in [6.07, 6.45) is -1.44. The Morgan fingerprint density at radius 3 is 2.11 bits per heavy atom. The van der Waals surface area contributed by atoms with Gasteiger partial charge in [-0.2, -0.15) is 0 Å². The highest BCUT2D eigenvalue weighted by atomic mass is 16.7. The molecule has 11 heteroatoms. The molecule has 0 bridgehead atoms. The molecule has 2 amide bonds. The lowest BCUT2D eigenvalue weighted by Gasteiger charge is -2.26. The van der Waals surface area contributed by atoms with E-state index >= 15 is 0 Å². The molecule has 3 aromatic carbocycles. The number of anilines is 1. The Morgan fingerprint density at radius 2 is 1.38 bits per heavy atom. The van der Waals surface area contributed by atoms with Crippen LogP contribution in [0.15, 0.2) is 72.8 Å². The molecule has 234 valence electrons. The summed E-state index contributed by atoms with van der Waals surface area (Å²) in [7, 11) is 0. The molecule has 45 heavy (non-hydrogen) atoms. The monoisotopic (exact) mass is 614 g/mol. The second-order valence-electron chi connectivity index (χ2n) is 9.72. The Morgan fingerprint density at radius 1 is 0.756 bits per heavy atom. The number of nitrogens with zero attached hydrogens (tertiary/aromatic N) is 1. The zero-order valence-corrected chi connectivity index (χ0v) is 24.9. The highest BCUT2D eigenvalue weighted by Crippen LogP contribution is 2.25. The number of nitrogens with one attached hydrogen (secondary N) is 1. The number of amides is 2. The molecule has 0 unspecified atom stereocenters. The molecule has 1 N–H and O–H groups in total. The predicted octanol–water partition coefficient (Wildman–Crippen LogP) is 4.50. The van der Waals surface area contributed by atoms with E-state index in [1.165, 1.54) is 19.1 Å². The van der Waals surface area contributed by atoms with Gasteiger partial charge in [0.25, 0.3) is 0 Å². The fraction of sp³-hybridized carbons (Fsp3) is 0.294. The standard InChI is InChI=1S/C34H34N2O9/c1-25(37)26-12-14-30(15-13-26)45-34(40)44-23-21-42-19-18-41-20-22-43-33(39)35-17-16-32(38)36-24-29-8-3-2-6-27(29)10-11-28-7-4-5-9-31(28)36/h2-9,12-15H,16-24H2,1H3,(H,35,39). The van der Waals surface area contributed by atoms with Gasteiger partial charge < -0.3 is 33.9 Å². The molecule has 0 aliphatic carbocycles. The summed E-state index contributed by atoms with van der Waals surface area (Å²) < 4.78 is 25.7. The van der Waals surface area contributed by atoms with Crippen LogP contribution in [0.3, 0.4) is 0 Å². The summed E-state index contributed by atoms with van der Waals surface area (Å²) in [6.45, 7) is 2.74. The first-order chi connectivity index (χ1) is 21.9. The molecule has 0 fully saturated rings. The van der Waals surface area contributed by atoms with Gasteiger partial charge >= 0.3 is 12.2 Å². The minimum atomic E-state index is -0.881. The smallest absolute Gasteiger partial charge is 0.447 e. The first-order valence-corrected chi connectivity index (χ1v) is 14.4. The third-order valence-corrected chi connectivity index (χ3v) is 6.52. The van der Waals surface area contributed by atoms with Crippen molar-refractivity contribution in [1.82, 2.24) is 5.32 Å². The Balaban J connectivity index is 1.04. The van der Waals surface area contributed by atoms with Crippen molar-refractivity contribution in [3.05, 3.63) is 95.1 Å². The molecular weight excluding hydrogens is 580 g/mol. The number of ether oxygens (including phenoxy) is 5. The summed E-state index contributed by atoms with van der Waals surface area (Å²) >= 11 is 0. The number of hydrogen-bond donors (Lipinski definition) is 1. The lowest BCUT2D eigenvalue weighted by atomic mass is 10.0. The SMILES string of the molecule is CC(=O)c1ccc(OC(=O)OCCOCCOCCOC(=O)NCCC(=O)N2Cc3ccccc3C#Cc3ccccc32)cc1. The molecule has 0 saturated heterocycles. The summed E-state index contributed by atoms with van der Waals surface area (Å²) in [4.78, 5) is 49.9. The van der Waals surface area contributed by atoms with E-state index in [-0.39, 0.29) is 70.0 Å². The van der Waals surface area contributed by atoms with Gasteiger partial charge in [-0.15, -0.1) is 0 Å². The Hall–Kier alpha value is -5.18. The lowest BCUT2D eigenvalue weighted by Crippen LogP contribution is -2.35. The number of carbonyl (C=O) groups is 4. The van der Waals surface area contributed by atoms with Crippen molar-refractivity contribution in [3.8, 4) is 17.6 Å². The third kappa shape index (κ3) is 10.5. The van der Waals surface area contributed by atoms with Crippen LogP contribution in [0, 0.1) is 11.8 Å². The molecule has 1 aliphatic heterocycles. The number of fused-ring (bicyclic) bond motifs is 2. The second-order valence-corrected chi connectivity index (χ2v) is 9.72. The van der Waals surface area contributed by atoms with Crippen LogP contribution in [0.1, 0.15) is 40.4 Å². The van der Waals surface area contributed by atoms with Gasteiger partial charge in [0.05, 0.1) is 38.7 Å².